The third-order valence-corrected chi connectivity index (χ3v) is 3.99. The van der Waals surface area contributed by atoms with Crippen molar-refractivity contribution in [1.82, 2.24) is 9.55 Å². The standard InChI is InChI=1S/C14H11Cl3N2O/c15-4-3-14-18-12-6-10(16)11(17)7-13(12)19(14)8-9-2-1-5-20-9/h1-2,5-7H,3-4,8H2. The van der Waals surface area contributed by atoms with E-state index in [1.807, 2.05) is 18.2 Å². The molecule has 0 unspecified atom stereocenters. The Bertz CT molecular complexity index is 735. The Labute approximate surface area is 131 Å². The molecule has 0 fully saturated rings. The summed E-state index contributed by atoms with van der Waals surface area (Å²) in [6.45, 7) is 0.591. The van der Waals surface area contributed by atoms with Crippen LogP contribution in [0.2, 0.25) is 10.0 Å². The monoisotopic (exact) mass is 328 g/mol. The first-order valence-electron chi connectivity index (χ1n) is 6.11. The first kappa shape index (κ1) is 13.8. The van der Waals surface area contributed by atoms with Crippen molar-refractivity contribution in [3.8, 4) is 0 Å². The molecule has 2 heterocycles. The van der Waals surface area contributed by atoms with Gasteiger partial charge in [-0.15, -0.1) is 11.6 Å². The fraction of sp³-hybridized carbons (Fsp3) is 0.214. The van der Waals surface area contributed by atoms with Gasteiger partial charge in [0, 0.05) is 12.3 Å². The third kappa shape index (κ3) is 2.53. The molecule has 0 aliphatic rings. The first-order chi connectivity index (χ1) is 9.69. The lowest BCUT2D eigenvalue weighted by molar-refractivity contribution is 0.492. The highest BCUT2D eigenvalue weighted by molar-refractivity contribution is 6.42. The maximum absolute atomic E-state index is 6.11. The van der Waals surface area contributed by atoms with Crippen molar-refractivity contribution in [3.05, 3.63) is 52.2 Å². The van der Waals surface area contributed by atoms with Gasteiger partial charge in [-0.1, -0.05) is 23.2 Å². The average Bonchev–Trinajstić information content (AvgIpc) is 3.02. The molecule has 2 aromatic heterocycles. The van der Waals surface area contributed by atoms with Crippen LogP contribution in [0.25, 0.3) is 11.0 Å². The molecule has 0 aliphatic carbocycles. The lowest BCUT2D eigenvalue weighted by Crippen LogP contribution is -2.05. The van der Waals surface area contributed by atoms with Gasteiger partial charge in [-0.2, -0.15) is 0 Å². The van der Waals surface area contributed by atoms with Crippen LogP contribution in [0.4, 0.5) is 0 Å². The van der Waals surface area contributed by atoms with E-state index >= 15 is 0 Å². The predicted octanol–water partition coefficient (Wildman–Crippen LogP) is 4.77. The molecule has 20 heavy (non-hydrogen) atoms. The molecule has 3 rings (SSSR count). The summed E-state index contributed by atoms with van der Waals surface area (Å²) in [6.07, 6.45) is 2.33. The number of furan rings is 1. The molecule has 0 radical (unpaired) electrons. The summed E-state index contributed by atoms with van der Waals surface area (Å²) >= 11 is 18.0. The van der Waals surface area contributed by atoms with E-state index in [1.165, 1.54) is 0 Å². The molecule has 0 amide bonds. The van der Waals surface area contributed by atoms with Crippen LogP contribution in [0, 0.1) is 0 Å². The molecule has 3 nitrogen and oxygen atoms in total. The Morgan fingerprint density at radius 1 is 1.20 bits per heavy atom. The predicted molar refractivity (Wildman–Crippen MR) is 82.0 cm³/mol. The van der Waals surface area contributed by atoms with Crippen LogP contribution in [-0.4, -0.2) is 15.4 Å². The van der Waals surface area contributed by atoms with Crippen LogP contribution in [0.1, 0.15) is 11.6 Å². The zero-order valence-corrected chi connectivity index (χ0v) is 12.7. The fourth-order valence-electron chi connectivity index (χ4n) is 2.18. The van der Waals surface area contributed by atoms with E-state index in [0.717, 1.165) is 22.6 Å². The van der Waals surface area contributed by atoms with Gasteiger partial charge in [0.05, 0.1) is 33.9 Å². The number of alkyl halides is 1. The number of nitrogens with zero attached hydrogens (tertiary/aromatic N) is 2. The van der Waals surface area contributed by atoms with Crippen molar-refractivity contribution in [2.75, 3.05) is 5.88 Å². The Morgan fingerprint density at radius 3 is 2.70 bits per heavy atom. The van der Waals surface area contributed by atoms with Crippen molar-refractivity contribution in [2.24, 2.45) is 0 Å². The van der Waals surface area contributed by atoms with E-state index in [9.17, 15) is 0 Å². The highest BCUT2D eigenvalue weighted by atomic mass is 35.5. The summed E-state index contributed by atoms with van der Waals surface area (Å²) in [5.74, 6) is 2.25. The summed E-state index contributed by atoms with van der Waals surface area (Å²) in [6, 6.07) is 7.38. The highest BCUT2D eigenvalue weighted by Gasteiger charge is 2.14. The third-order valence-electron chi connectivity index (χ3n) is 3.08. The van der Waals surface area contributed by atoms with E-state index in [2.05, 4.69) is 9.55 Å². The Kier molecular flexibility index (Phi) is 3.92. The normalized spacial score (nSPS) is 11.3. The van der Waals surface area contributed by atoms with Crippen molar-refractivity contribution in [1.29, 1.82) is 0 Å². The van der Waals surface area contributed by atoms with Crippen molar-refractivity contribution in [2.45, 2.75) is 13.0 Å². The van der Waals surface area contributed by atoms with Gasteiger partial charge in [0.2, 0.25) is 0 Å². The van der Waals surface area contributed by atoms with Crippen LogP contribution in [-0.2, 0) is 13.0 Å². The maximum atomic E-state index is 6.11. The van der Waals surface area contributed by atoms with E-state index < -0.39 is 0 Å². The van der Waals surface area contributed by atoms with E-state index in [-0.39, 0.29) is 0 Å². The first-order valence-corrected chi connectivity index (χ1v) is 7.40. The van der Waals surface area contributed by atoms with E-state index in [0.29, 0.717) is 28.9 Å². The lowest BCUT2D eigenvalue weighted by atomic mass is 10.3. The summed E-state index contributed by atoms with van der Waals surface area (Å²) in [4.78, 5) is 4.58. The maximum Gasteiger partial charge on any atom is 0.123 e. The van der Waals surface area contributed by atoms with Crippen molar-refractivity contribution in [3.63, 3.8) is 0 Å². The summed E-state index contributed by atoms with van der Waals surface area (Å²) in [7, 11) is 0. The largest absolute Gasteiger partial charge is 0.467 e. The van der Waals surface area contributed by atoms with Crippen LogP contribution >= 0.6 is 34.8 Å². The van der Waals surface area contributed by atoms with E-state index in [1.54, 1.807) is 12.3 Å². The molecule has 0 atom stereocenters. The topological polar surface area (TPSA) is 31.0 Å². The zero-order chi connectivity index (χ0) is 14.1. The lowest BCUT2D eigenvalue weighted by Gasteiger charge is -2.07. The van der Waals surface area contributed by atoms with Crippen LogP contribution in [0.15, 0.2) is 34.9 Å². The van der Waals surface area contributed by atoms with Crippen LogP contribution < -0.4 is 0 Å². The molecule has 1 aromatic carbocycles. The minimum Gasteiger partial charge on any atom is -0.467 e. The smallest absolute Gasteiger partial charge is 0.123 e. The van der Waals surface area contributed by atoms with Gasteiger partial charge >= 0.3 is 0 Å². The molecule has 0 aliphatic heterocycles. The van der Waals surface area contributed by atoms with Gasteiger partial charge in [-0.05, 0) is 24.3 Å². The SMILES string of the molecule is ClCCc1nc2cc(Cl)c(Cl)cc2n1Cc1ccco1. The molecular weight excluding hydrogens is 319 g/mol. The van der Waals surface area contributed by atoms with Gasteiger partial charge in [-0.25, -0.2) is 4.98 Å². The number of fused-ring (bicyclic) bond motifs is 1. The molecule has 0 saturated heterocycles. The van der Waals surface area contributed by atoms with E-state index in [4.69, 9.17) is 39.2 Å². The number of hydrogen-bond acceptors (Lipinski definition) is 2. The number of benzene rings is 1. The Morgan fingerprint density at radius 2 is 2.00 bits per heavy atom. The molecule has 0 bridgehead atoms. The second-order valence-corrected chi connectivity index (χ2v) is 5.58. The fourth-order valence-corrected chi connectivity index (χ4v) is 2.67. The minimum absolute atomic E-state index is 0.499. The molecular formula is C14H11Cl3N2O. The molecule has 0 spiro atoms. The number of aryl methyl sites for hydroxylation is 1. The van der Waals surface area contributed by atoms with Gasteiger partial charge in [0.1, 0.15) is 11.6 Å². The van der Waals surface area contributed by atoms with Crippen molar-refractivity contribution < 1.29 is 4.42 Å². The van der Waals surface area contributed by atoms with Crippen LogP contribution in [0.3, 0.4) is 0 Å². The molecule has 0 N–H and O–H groups in total. The van der Waals surface area contributed by atoms with Gasteiger partial charge in [-0.3, -0.25) is 0 Å². The van der Waals surface area contributed by atoms with Gasteiger partial charge < -0.3 is 8.98 Å². The number of aromatic nitrogens is 2. The number of rotatable bonds is 4. The summed E-state index contributed by atoms with van der Waals surface area (Å²) in [5.41, 5.74) is 1.74. The molecule has 104 valence electrons. The van der Waals surface area contributed by atoms with Gasteiger partial charge in [0.25, 0.3) is 0 Å². The molecule has 0 saturated carbocycles. The average molecular weight is 330 g/mol. The number of imidazole rings is 1. The molecule has 3 aromatic rings. The van der Waals surface area contributed by atoms with Crippen LogP contribution in [0.5, 0.6) is 0 Å². The second kappa shape index (κ2) is 5.68. The second-order valence-electron chi connectivity index (χ2n) is 4.39. The summed E-state index contributed by atoms with van der Waals surface area (Å²) in [5, 5.41) is 1.01. The van der Waals surface area contributed by atoms with Gasteiger partial charge in [0.15, 0.2) is 0 Å². The Balaban J connectivity index is 2.15. The number of halogens is 3. The highest BCUT2D eigenvalue weighted by Crippen LogP contribution is 2.29. The summed E-state index contributed by atoms with van der Waals surface area (Å²) < 4.78 is 7.46. The minimum atomic E-state index is 0.499. The Hall–Kier alpha value is -1.16. The zero-order valence-electron chi connectivity index (χ0n) is 10.4. The molecule has 6 heteroatoms. The quantitative estimate of drug-likeness (QED) is 0.646. The number of hydrogen-bond donors (Lipinski definition) is 0. The van der Waals surface area contributed by atoms with Crippen molar-refractivity contribution >= 4 is 45.8 Å².